The third-order valence-electron chi connectivity index (χ3n) is 4.14. The Morgan fingerprint density at radius 1 is 1.30 bits per heavy atom. The normalized spacial score (nSPS) is 23.2. The van der Waals surface area contributed by atoms with Gasteiger partial charge in [-0.1, -0.05) is 0 Å². The number of carbonyl (C=O) groups excluding carboxylic acids is 1. The largest absolute Gasteiger partial charge is 0.464 e. The Kier molecular flexibility index (Phi) is 3.82. The van der Waals surface area contributed by atoms with E-state index in [1.165, 1.54) is 32.7 Å². The van der Waals surface area contributed by atoms with E-state index in [2.05, 4.69) is 19.8 Å². The molecular weight excluding hydrogens is 256 g/mol. The zero-order valence-electron chi connectivity index (χ0n) is 11.8. The molecule has 3 heterocycles. The Morgan fingerprint density at radius 2 is 2.15 bits per heavy atom. The molecule has 3 rings (SSSR count). The molecule has 1 atom stereocenters. The summed E-state index contributed by atoms with van der Waals surface area (Å²) in [6.45, 7) is 4.31. The summed E-state index contributed by atoms with van der Waals surface area (Å²) in [4.78, 5) is 24.9. The zero-order valence-corrected chi connectivity index (χ0v) is 11.8. The molecule has 0 amide bonds. The van der Waals surface area contributed by atoms with E-state index >= 15 is 0 Å². The zero-order chi connectivity index (χ0) is 13.9. The number of methoxy groups -OCH3 is 1. The van der Waals surface area contributed by atoms with E-state index < -0.39 is 5.97 Å². The van der Waals surface area contributed by atoms with Crippen molar-refractivity contribution in [2.24, 2.45) is 0 Å². The summed E-state index contributed by atoms with van der Waals surface area (Å²) in [5.41, 5.74) is 0.275. The molecule has 2 aliphatic rings. The van der Waals surface area contributed by atoms with E-state index in [1.54, 1.807) is 6.20 Å². The van der Waals surface area contributed by atoms with Crippen LogP contribution in [-0.2, 0) is 4.74 Å². The monoisotopic (exact) mass is 276 g/mol. The molecule has 6 heteroatoms. The highest BCUT2D eigenvalue weighted by molar-refractivity contribution is 5.87. The first-order valence-corrected chi connectivity index (χ1v) is 7.17. The molecule has 0 spiro atoms. The van der Waals surface area contributed by atoms with Crippen LogP contribution < -0.4 is 4.90 Å². The van der Waals surface area contributed by atoms with Crippen molar-refractivity contribution >= 4 is 11.8 Å². The molecule has 0 aliphatic carbocycles. The molecule has 108 valence electrons. The number of anilines is 1. The van der Waals surface area contributed by atoms with Crippen LogP contribution in [0, 0.1) is 0 Å². The van der Waals surface area contributed by atoms with Crippen LogP contribution in [0.25, 0.3) is 0 Å². The fourth-order valence-electron chi connectivity index (χ4n) is 3.13. The van der Waals surface area contributed by atoms with Gasteiger partial charge in [-0.05, 0) is 25.8 Å². The van der Waals surface area contributed by atoms with Crippen molar-refractivity contribution in [3.05, 3.63) is 18.1 Å². The maximum atomic E-state index is 11.5. The van der Waals surface area contributed by atoms with Crippen LogP contribution in [0.15, 0.2) is 12.4 Å². The SMILES string of the molecule is COC(=O)c1cncc(N2CCCN3CCCC3C2)n1. The van der Waals surface area contributed by atoms with Gasteiger partial charge in [0.1, 0.15) is 5.82 Å². The van der Waals surface area contributed by atoms with Crippen molar-refractivity contribution in [1.29, 1.82) is 0 Å². The first kappa shape index (κ1) is 13.3. The third kappa shape index (κ3) is 2.60. The van der Waals surface area contributed by atoms with Crippen LogP contribution >= 0.6 is 0 Å². The fourth-order valence-corrected chi connectivity index (χ4v) is 3.13. The molecule has 2 aliphatic heterocycles. The topological polar surface area (TPSA) is 58.6 Å². The van der Waals surface area contributed by atoms with Crippen LogP contribution in [0.1, 0.15) is 29.8 Å². The summed E-state index contributed by atoms with van der Waals surface area (Å²) in [7, 11) is 1.36. The molecule has 1 unspecified atom stereocenters. The molecule has 1 aromatic rings. The maximum Gasteiger partial charge on any atom is 0.358 e. The maximum absolute atomic E-state index is 11.5. The van der Waals surface area contributed by atoms with Gasteiger partial charge in [-0.2, -0.15) is 0 Å². The van der Waals surface area contributed by atoms with Crippen LogP contribution in [0.3, 0.4) is 0 Å². The minimum absolute atomic E-state index is 0.275. The van der Waals surface area contributed by atoms with Gasteiger partial charge in [0.25, 0.3) is 0 Å². The number of aromatic nitrogens is 2. The first-order valence-electron chi connectivity index (χ1n) is 7.17. The van der Waals surface area contributed by atoms with E-state index in [0.29, 0.717) is 6.04 Å². The number of nitrogens with zero attached hydrogens (tertiary/aromatic N) is 4. The van der Waals surface area contributed by atoms with Crippen molar-refractivity contribution in [3.63, 3.8) is 0 Å². The summed E-state index contributed by atoms with van der Waals surface area (Å²) in [5, 5.41) is 0. The standard InChI is InChI=1S/C14H20N4O2/c1-20-14(19)12-8-15-9-13(16-12)18-7-3-6-17-5-2-4-11(17)10-18/h8-9,11H,2-7,10H2,1H3. The number of hydrogen-bond donors (Lipinski definition) is 0. The van der Waals surface area contributed by atoms with E-state index in [1.807, 2.05) is 0 Å². The average Bonchev–Trinajstić information content (AvgIpc) is 2.83. The summed E-state index contributed by atoms with van der Waals surface area (Å²) in [6, 6.07) is 0.612. The predicted molar refractivity (Wildman–Crippen MR) is 74.8 cm³/mol. The minimum Gasteiger partial charge on any atom is -0.464 e. The molecular formula is C14H20N4O2. The second-order valence-corrected chi connectivity index (χ2v) is 5.39. The number of hydrogen-bond acceptors (Lipinski definition) is 6. The molecule has 20 heavy (non-hydrogen) atoms. The summed E-state index contributed by atoms with van der Waals surface area (Å²) < 4.78 is 4.70. The van der Waals surface area contributed by atoms with Gasteiger partial charge in [0.05, 0.1) is 19.5 Å². The van der Waals surface area contributed by atoms with Crippen LogP contribution in [0.4, 0.5) is 5.82 Å². The average molecular weight is 276 g/mol. The van der Waals surface area contributed by atoms with Crippen LogP contribution in [0.2, 0.25) is 0 Å². The van der Waals surface area contributed by atoms with E-state index in [0.717, 1.165) is 31.9 Å². The fraction of sp³-hybridized carbons (Fsp3) is 0.643. The van der Waals surface area contributed by atoms with Gasteiger partial charge in [-0.3, -0.25) is 9.88 Å². The highest BCUT2D eigenvalue weighted by Crippen LogP contribution is 2.23. The lowest BCUT2D eigenvalue weighted by atomic mass is 10.2. The number of carbonyl (C=O) groups is 1. The van der Waals surface area contributed by atoms with Crippen molar-refractivity contribution < 1.29 is 9.53 Å². The summed E-state index contributed by atoms with van der Waals surface area (Å²) in [6.07, 6.45) is 6.85. The lowest BCUT2D eigenvalue weighted by Crippen LogP contribution is -2.37. The Morgan fingerprint density at radius 3 is 3.00 bits per heavy atom. The molecule has 2 saturated heterocycles. The van der Waals surface area contributed by atoms with Gasteiger partial charge >= 0.3 is 5.97 Å². The van der Waals surface area contributed by atoms with Gasteiger partial charge in [0.15, 0.2) is 5.69 Å². The van der Waals surface area contributed by atoms with E-state index in [9.17, 15) is 4.79 Å². The van der Waals surface area contributed by atoms with Crippen molar-refractivity contribution in [2.45, 2.75) is 25.3 Å². The predicted octanol–water partition coefficient (Wildman–Crippen LogP) is 0.938. The molecule has 6 nitrogen and oxygen atoms in total. The molecule has 0 bridgehead atoms. The lowest BCUT2D eigenvalue weighted by Gasteiger charge is -2.26. The van der Waals surface area contributed by atoms with Crippen molar-refractivity contribution in [1.82, 2.24) is 14.9 Å². The van der Waals surface area contributed by atoms with Crippen LogP contribution in [0.5, 0.6) is 0 Å². The minimum atomic E-state index is -0.434. The Bertz CT molecular complexity index is 494. The van der Waals surface area contributed by atoms with E-state index in [4.69, 9.17) is 4.74 Å². The molecule has 2 fully saturated rings. The van der Waals surface area contributed by atoms with Crippen molar-refractivity contribution in [3.8, 4) is 0 Å². The summed E-state index contributed by atoms with van der Waals surface area (Å²) in [5.74, 6) is 0.346. The van der Waals surface area contributed by atoms with Crippen LogP contribution in [-0.4, -0.2) is 60.2 Å². The van der Waals surface area contributed by atoms with E-state index in [-0.39, 0.29) is 5.69 Å². The van der Waals surface area contributed by atoms with Gasteiger partial charge in [0.2, 0.25) is 0 Å². The molecule has 0 aromatic carbocycles. The van der Waals surface area contributed by atoms with Gasteiger partial charge in [0, 0.05) is 25.7 Å². The second-order valence-electron chi connectivity index (χ2n) is 5.39. The molecule has 1 aromatic heterocycles. The highest BCUT2D eigenvalue weighted by atomic mass is 16.5. The second kappa shape index (κ2) is 5.75. The lowest BCUT2D eigenvalue weighted by molar-refractivity contribution is 0.0593. The highest BCUT2D eigenvalue weighted by Gasteiger charge is 2.29. The van der Waals surface area contributed by atoms with Gasteiger partial charge < -0.3 is 9.64 Å². The first-order chi connectivity index (χ1) is 9.78. The third-order valence-corrected chi connectivity index (χ3v) is 4.14. The number of rotatable bonds is 2. The molecule has 0 saturated carbocycles. The number of esters is 1. The molecule has 0 radical (unpaired) electrons. The quantitative estimate of drug-likeness (QED) is 0.749. The number of ether oxygens (including phenoxy) is 1. The van der Waals surface area contributed by atoms with Gasteiger partial charge in [-0.25, -0.2) is 9.78 Å². The Labute approximate surface area is 118 Å². The van der Waals surface area contributed by atoms with Gasteiger partial charge in [-0.15, -0.1) is 0 Å². The Balaban J connectivity index is 1.79. The van der Waals surface area contributed by atoms with Crippen molar-refractivity contribution in [2.75, 3.05) is 38.2 Å². The molecule has 0 N–H and O–H groups in total. The smallest absolute Gasteiger partial charge is 0.358 e. The summed E-state index contributed by atoms with van der Waals surface area (Å²) >= 11 is 0. The Hall–Kier alpha value is -1.69. The number of fused-ring (bicyclic) bond motifs is 1.